The maximum Gasteiger partial charge on any atom is 0.0729 e. The molecule has 1 heterocycles. The Morgan fingerprint density at radius 2 is 2.67 bits per heavy atom. The molecule has 0 amide bonds. The molecule has 36 valence electrons. The molecule has 1 aliphatic heterocycles. The van der Waals surface area contributed by atoms with Crippen LogP contribution in [0, 0.1) is 0 Å². The molecule has 0 bridgehead atoms. The number of thioether (sulfide) groups is 1. The van der Waals surface area contributed by atoms with E-state index in [-0.39, 0.29) is 0 Å². The SMILES string of the molecule is BrC1CSCN1. The molecule has 0 aromatic rings. The molecule has 0 aromatic carbocycles. The zero-order valence-electron chi connectivity index (χ0n) is 3.28. The van der Waals surface area contributed by atoms with E-state index in [4.69, 9.17) is 0 Å². The molecule has 1 rings (SSSR count). The van der Waals surface area contributed by atoms with Crippen molar-refractivity contribution < 1.29 is 0 Å². The second kappa shape index (κ2) is 2.19. The normalized spacial score (nSPS) is 34.5. The predicted molar refractivity (Wildman–Crippen MR) is 33.2 cm³/mol. The third-order valence-corrected chi connectivity index (χ3v) is 2.69. The fourth-order valence-corrected chi connectivity index (χ4v) is 2.07. The van der Waals surface area contributed by atoms with Crippen molar-refractivity contribution in [3.63, 3.8) is 0 Å². The molecule has 0 aliphatic carbocycles. The van der Waals surface area contributed by atoms with Gasteiger partial charge in [0, 0.05) is 11.6 Å². The van der Waals surface area contributed by atoms with Crippen LogP contribution in [0.2, 0.25) is 0 Å². The number of alkyl halides is 1. The first kappa shape index (κ1) is 4.94. The zero-order chi connectivity index (χ0) is 4.41. The Morgan fingerprint density at radius 3 is 2.83 bits per heavy atom. The fourth-order valence-electron chi connectivity index (χ4n) is 0.371. The largest absolute Gasteiger partial charge is 0.295 e. The van der Waals surface area contributed by atoms with Gasteiger partial charge in [-0.05, 0) is 0 Å². The topological polar surface area (TPSA) is 12.0 Å². The second-order valence-corrected chi connectivity index (χ2v) is 3.32. The van der Waals surface area contributed by atoms with Gasteiger partial charge in [-0.1, -0.05) is 15.9 Å². The van der Waals surface area contributed by atoms with Crippen LogP contribution in [0.15, 0.2) is 0 Å². The van der Waals surface area contributed by atoms with Gasteiger partial charge in [0.25, 0.3) is 0 Å². The number of hydrogen-bond acceptors (Lipinski definition) is 2. The lowest BCUT2D eigenvalue weighted by Gasteiger charge is -1.91. The highest BCUT2D eigenvalue weighted by Gasteiger charge is 2.07. The molecular formula is C3H6BrNS. The van der Waals surface area contributed by atoms with E-state index in [2.05, 4.69) is 21.2 Å². The summed E-state index contributed by atoms with van der Waals surface area (Å²) in [6.45, 7) is 0. The lowest BCUT2D eigenvalue weighted by atomic mass is 10.8. The van der Waals surface area contributed by atoms with E-state index < -0.39 is 0 Å². The van der Waals surface area contributed by atoms with E-state index in [1.807, 2.05) is 11.8 Å². The van der Waals surface area contributed by atoms with E-state index in [0.717, 1.165) is 5.88 Å². The average Bonchev–Trinajstić information content (AvgIpc) is 1.86. The fraction of sp³-hybridized carbons (Fsp3) is 1.00. The summed E-state index contributed by atoms with van der Waals surface area (Å²) in [5.74, 6) is 2.32. The molecule has 1 atom stereocenters. The Kier molecular flexibility index (Phi) is 1.80. The minimum Gasteiger partial charge on any atom is -0.295 e. The molecule has 1 aliphatic rings. The molecule has 1 nitrogen and oxygen atoms in total. The van der Waals surface area contributed by atoms with Gasteiger partial charge in [-0.2, -0.15) is 0 Å². The van der Waals surface area contributed by atoms with E-state index in [1.165, 1.54) is 5.75 Å². The summed E-state index contributed by atoms with van der Waals surface area (Å²) in [5.41, 5.74) is 0. The first-order valence-corrected chi connectivity index (χ1v) is 3.92. The van der Waals surface area contributed by atoms with Crippen LogP contribution >= 0.6 is 27.7 Å². The van der Waals surface area contributed by atoms with Crippen LogP contribution in [0.5, 0.6) is 0 Å². The molecule has 6 heavy (non-hydrogen) atoms. The predicted octanol–water partition coefficient (Wildman–Crippen LogP) is 1.00. The molecule has 0 radical (unpaired) electrons. The van der Waals surface area contributed by atoms with Gasteiger partial charge in [0.1, 0.15) is 0 Å². The van der Waals surface area contributed by atoms with Crippen molar-refractivity contribution in [3.8, 4) is 0 Å². The van der Waals surface area contributed by atoms with Crippen molar-refractivity contribution in [2.75, 3.05) is 11.6 Å². The summed E-state index contributed by atoms with van der Waals surface area (Å²) in [7, 11) is 0. The van der Waals surface area contributed by atoms with Crippen LogP contribution in [0.3, 0.4) is 0 Å². The highest BCUT2D eigenvalue weighted by Crippen LogP contribution is 2.12. The van der Waals surface area contributed by atoms with Crippen molar-refractivity contribution >= 4 is 27.7 Å². The monoisotopic (exact) mass is 167 g/mol. The average molecular weight is 168 g/mol. The van der Waals surface area contributed by atoms with Crippen molar-refractivity contribution in [1.82, 2.24) is 5.32 Å². The maximum atomic E-state index is 3.41. The van der Waals surface area contributed by atoms with Gasteiger partial charge in [-0.15, -0.1) is 11.8 Å². The Hall–Kier alpha value is 0.790. The molecule has 1 fully saturated rings. The number of halogens is 1. The summed E-state index contributed by atoms with van der Waals surface area (Å²) >= 11 is 5.33. The molecule has 1 unspecified atom stereocenters. The van der Waals surface area contributed by atoms with Crippen LogP contribution in [-0.4, -0.2) is 16.6 Å². The Balaban J connectivity index is 2.18. The number of nitrogens with one attached hydrogen (secondary N) is 1. The highest BCUT2D eigenvalue weighted by atomic mass is 79.9. The van der Waals surface area contributed by atoms with Crippen LogP contribution in [0.1, 0.15) is 0 Å². The van der Waals surface area contributed by atoms with Gasteiger partial charge < -0.3 is 0 Å². The molecule has 1 N–H and O–H groups in total. The van der Waals surface area contributed by atoms with Crippen molar-refractivity contribution in [1.29, 1.82) is 0 Å². The highest BCUT2D eigenvalue weighted by molar-refractivity contribution is 9.09. The summed E-state index contributed by atoms with van der Waals surface area (Å²) in [4.78, 5) is 0.572. The lowest BCUT2D eigenvalue weighted by Crippen LogP contribution is -2.14. The molecule has 0 aromatic heterocycles. The molecule has 1 saturated heterocycles. The van der Waals surface area contributed by atoms with Crippen molar-refractivity contribution in [2.45, 2.75) is 4.95 Å². The molecule has 0 saturated carbocycles. The molecule has 0 spiro atoms. The van der Waals surface area contributed by atoms with E-state index in [1.54, 1.807) is 0 Å². The minimum atomic E-state index is 0.572. The standard InChI is InChI=1S/C3H6BrNS/c4-3-1-6-2-5-3/h3,5H,1-2H2. The van der Waals surface area contributed by atoms with Crippen molar-refractivity contribution in [2.24, 2.45) is 0 Å². The molecule has 3 heteroatoms. The molecular weight excluding hydrogens is 162 g/mol. The second-order valence-electron chi connectivity index (χ2n) is 1.19. The third-order valence-electron chi connectivity index (χ3n) is 0.671. The van der Waals surface area contributed by atoms with Crippen LogP contribution in [0.4, 0.5) is 0 Å². The van der Waals surface area contributed by atoms with Gasteiger partial charge in [0.05, 0.1) is 4.95 Å². The summed E-state index contributed by atoms with van der Waals surface area (Å²) < 4.78 is 0. The summed E-state index contributed by atoms with van der Waals surface area (Å²) in [6.07, 6.45) is 0. The van der Waals surface area contributed by atoms with Crippen LogP contribution in [0.25, 0.3) is 0 Å². The Labute approximate surface area is 50.0 Å². The van der Waals surface area contributed by atoms with E-state index >= 15 is 0 Å². The van der Waals surface area contributed by atoms with Crippen molar-refractivity contribution in [3.05, 3.63) is 0 Å². The smallest absolute Gasteiger partial charge is 0.0729 e. The Bertz CT molecular complexity index is 44.1. The summed E-state index contributed by atoms with van der Waals surface area (Å²) in [5, 5.41) is 3.20. The quantitative estimate of drug-likeness (QED) is 0.427. The van der Waals surface area contributed by atoms with Gasteiger partial charge in [-0.25, -0.2) is 0 Å². The maximum absolute atomic E-state index is 3.41. The summed E-state index contributed by atoms with van der Waals surface area (Å²) in [6, 6.07) is 0. The number of rotatable bonds is 0. The lowest BCUT2D eigenvalue weighted by molar-refractivity contribution is 0.843. The van der Waals surface area contributed by atoms with E-state index in [9.17, 15) is 0 Å². The Morgan fingerprint density at radius 1 is 1.83 bits per heavy atom. The first-order chi connectivity index (χ1) is 2.89. The zero-order valence-corrected chi connectivity index (χ0v) is 5.68. The first-order valence-electron chi connectivity index (χ1n) is 1.85. The minimum absolute atomic E-state index is 0.572. The van der Waals surface area contributed by atoms with Crippen LogP contribution < -0.4 is 5.32 Å². The van der Waals surface area contributed by atoms with E-state index in [0.29, 0.717) is 4.95 Å². The van der Waals surface area contributed by atoms with Gasteiger partial charge >= 0.3 is 0 Å². The van der Waals surface area contributed by atoms with Gasteiger partial charge in [0.15, 0.2) is 0 Å². The van der Waals surface area contributed by atoms with Crippen LogP contribution in [-0.2, 0) is 0 Å². The van der Waals surface area contributed by atoms with Gasteiger partial charge in [-0.3, -0.25) is 5.32 Å². The third kappa shape index (κ3) is 1.13. The number of hydrogen-bond donors (Lipinski definition) is 1. The van der Waals surface area contributed by atoms with Gasteiger partial charge in [0.2, 0.25) is 0 Å².